The fourth-order valence-corrected chi connectivity index (χ4v) is 2.36. The van der Waals surface area contributed by atoms with E-state index < -0.39 is 18.1 Å². The van der Waals surface area contributed by atoms with Crippen LogP contribution in [0.25, 0.3) is 10.9 Å². The Bertz CT molecular complexity index is 1020. The monoisotopic (exact) mass is 360 g/mol. The van der Waals surface area contributed by atoms with Gasteiger partial charge in [0.15, 0.2) is 5.82 Å². The van der Waals surface area contributed by atoms with Crippen LogP contribution in [0.15, 0.2) is 47.3 Å². The SMILES string of the molecule is Nc1ccc2nc(C(=O)NCc3cccc(OC(F)F)c3)[nH]c(=O)c2c1. The maximum atomic E-state index is 12.2. The molecule has 0 atom stereocenters. The van der Waals surface area contributed by atoms with Crippen LogP contribution in [0.1, 0.15) is 16.2 Å². The van der Waals surface area contributed by atoms with Crippen LogP contribution >= 0.6 is 0 Å². The number of rotatable bonds is 5. The van der Waals surface area contributed by atoms with Crippen LogP contribution in [0.5, 0.6) is 5.75 Å². The number of nitrogen functional groups attached to an aromatic ring is 1. The number of anilines is 1. The smallest absolute Gasteiger partial charge is 0.387 e. The largest absolute Gasteiger partial charge is 0.435 e. The molecule has 0 unspecified atom stereocenters. The average Bonchev–Trinajstić information content (AvgIpc) is 2.60. The molecule has 3 aromatic rings. The molecule has 0 radical (unpaired) electrons. The second-order valence-electron chi connectivity index (χ2n) is 5.40. The second kappa shape index (κ2) is 7.18. The van der Waals surface area contributed by atoms with Crippen LogP contribution in [0, 0.1) is 0 Å². The van der Waals surface area contributed by atoms with Crippen molar-refractivity contribution in [1.29, 1.82) is 0 Å². The van der Waals surface area contributed by atoms with Crippen LogP contribution in [0.4, 0.5) is 14.5 Å². The molecule has 7 nitrogen and oxygen atoms in total. The van der Waals surface area contributed by atoms with Crippen LogP contribution in [0.2, 0.25) is 0 Å². The summed E-state index contributed by atoms with van der Waals surface area (Å²) in [6, 6.07) is 10.5. The van der Waals surface area contributed by atoms with Crippen molar-refractivity contribution in [3.63, 3.8) is 0 Å². The van der Waals surface area contributed by atoms with E-state index in [1.54, 1.807) is 18.2 Å². The predicted molar refractivity (Wildman–Crippen MR) is 91.0 cm³/mol. The fraction of sp³-hybridized carbons (Fsp3) is 0.118. The summed E-state index contributed by atoms with van der Waals surface area (Å²) < 4.78 is 28.8. The Labute approximate surface area is 145 Å². The summed E-state index contributed by atoms with van der Waals surface area (Å²) in [6.07, 6.45) is 0. The van der Waals surface area contributed by atoms with Crippen molar-refractivity contribution in [3.8, 4) is 5.75 Å². The zero-order chi connectivity index (χ0) is 18.7. The highest BCUT2D eigenvalue weighted by molar-refractivity contribution is 5.92. The van der Waals surface area contributed by atoms with Gasteiger partial charge in [-0.2, -0.15) is 8.78 Å². The number of nitrogens with zero attached hydrogens (tertiary/aromatic N) is 1. The van der Waals surface area contributed by atoms with E-state index in [0.717, 1.165) is 0 Å². The first kappa shape index (κ1) is 17.3. The zero-order valence-electron chi connectivity index (χ0n) is 13.3. The number of ether oxygens (including phenoxy) is 1. The molecule has 26 heavy (non-hydrogen) atoms. The third-order valence-electron chi connectivity index (χ3n) is 3.52. The summed E-state index contributed by atoms with van der Waals surface area (Å²) in [6.45, 7) is -2.89. The maximum absolute atomic E-state index is 12.2. The standard InChI is InChI=1S/C17H14F2N4O3/c18-17(19)26-11-3-1-2-9(6-11)8-21-16(25)14-22-13-5-4-10(20)7-12(13)15(24)23-14/h1-7,17H,8,20H2,(H,21,25)(H,22,23,24). The lowest BCUT2D eigenvalue weighted by atomic mass is 10.2. The van der Waals surface area contributed by atoms with Crippen molar-refractivity contribution in [2.24, 2.45) is 0 Å². The predicted octanol–water partition coefficient (Wildman–Crippen LogP) is 2.04. The molecule has 0 fully saturated rings. The molecule has 134 valence electrons. The average molecular weight is 360 g/mol. The van der Waals surface area contributed by atoms with Crippen molar-refractivity contribution in [1.82, 2.24) is 15.3 Å². The number of carbonyl (C=O) groups excluding carboxylic acids is 1. The first-order chi connectivity index (χ1) is 12.4. The maximum Gasteiger partial charge on any atom is 0.387 e. The van der Waals surface area contributed by atoms with Crippen molar-refractivity contribution < 1.29 is 18.3 Å². The molecule has 4 N–H and O–H groups in total. The Morgan fingerprint density at radius 1 is 1.27 bits per heavy atom. The molecule has 0 spiro atoms. The molecule has 9 heteroatoms. The van der Waals surface area contributed by atoms with Gasteiger partial charge in [0.05, 0.1) is 10.9 Å². The number of carbonyl (C=O) groups is 1. The Morgan fingerprint density at radius 3 is 2.85 bits per heavy atom. The molecule has 0 aliphatic heterocycles. The number of benzene rings is 2. The lowest BCUT2D eigenvalue weighted by Gasteiger charge is -2.08. The Kier molecular flexibility index (Phi) is 4.78. The van der Waals surface area contributed by atoms with Gasteiger partial charge in [0.2, 0.25) is 0 Å². The molecular formula is C17H14F2N4O3. The first-order valence-electron chi connectivity index (χ1n) is 7.54. The minimum Gasteiger partial charge on any atom is -0.435 e. The molecular weight excluding hydrogens is 346 g/mol. The van der Waals surface area contributed by atoms with E-state index in [-0.39, 0.29) is 23.5 Å². The van der Waals surface area contributed by atoms with Gasteiger partial charge < -0.3 is 20.8 Å². The molecule has 1 amide bonds. The molecule has 0 aliphatic rings. The fourth-order valence-electron chi connectivity index (χ4n) is 2.36. The van der Waals surface area contributed by atoms with Crippen LogP contribution in [-0.4, -0.2) is 22.5 Å². The normalized spacial score (nSPS) is 10.9. The minimum atomic E-state index is -2.93. The Morgan fingerprint density at radius 2 is 2.08 bits per heavy atom. The van der Waals surface area contributed by atoms with Gasteiger partial charge in [-0.05, 0) is 35.9 Å². The summed E-state index contributed by atoms with van der Waals surface area (Å²) in [4.78, 5) is 30.8. The number of hydrogen-bond donors (Lipinski definition) is 3. The van der Waals surface area contributed by atoms with Crippen molar-refractivity contribution in [2.75, 3.05) is 5.73 Å². The molecule has 1 aromatic heterocycles. The van der Waals surface area contributed by atoms with E-state index >= 15 is 0 Å². The number of nitrogens with two attached hydrogens (primary N) is 1. The number of hydrogen-bond acceptors (Lipinski definition) is 5. The number of amides is 1. The number of aromatic nitrogens is 2. The third kappa shape index (κ3) is 3.94. The lowest BCUT2D eigenvalue weighted by Crippen LogP contribution is -2.27. The highest BCUT2D eigenvalue weighted by Crippen LogP contribution is 2.16. The van der Waals surface area contributed by atoms with Gasteiger partial charge in [-0.1, -0.05) is 12.1 Å². The summed E-state index contributed by atoms with van der Waals surface area (Å²) in [5.74, 6) is -0.783. The zero-order valence-corrected chi connectivity index (χ0v) is 13.3. The third-order valence-corrected chi connectivity index (χ3v) is 3.52. The number of H-pyrrole nitrogens is 1. The van der Waals surface area contributed by atoms with Gasteiger partial charge in [0.1, 0.15) is 5.75 Å². The summed E-state index contributed by atoms with van der Waals surface area (Å²) in [5.41, 5.74) is 6.43. The van der Waals surface area contributed by atoms with Gasteiger partial charge in [-0.3, -0.25) is 9.59 Å². The summed E-state index contributed by atoms with van der Waals surface area (Å²) in [7, 11) is 0. The Hall–Kier alpha value is -3.49. The van der Waals surface area contributed by atoms with Gasteiger partial charge >= 0.3 is 6.61 Å². The molecule has 0 bridgehead atoms. The molecule has 0 saturated heterocycles. The van der Waals surface area contributed by atoms with Crippen LogP contribution in [0.3, 0.4) is 0 Å². The molecule has 0 saturated carbocycles. The van der Waals surface area contributed by atoms with Gasteiger partial charge in [0.25, 0.3) is 11.5 Å². The van der Waals surface area contributed by atoms with E-state index in [2.05, 4.69) is 20.0 Å². The van der Waals surface area contributed by atoms with E-state index in [1.807, 2.05) is 0 Å². The molecule has 3 rings (SSSR count). The van der Waals surface area contributed by atoms with Gasteiger partial charge in [-0.25, -0.2) is 4.98 Å². The van der Waals surface area contributed by atoms with Gasteiger partial charge in [-0.15, -0.1) is 0 Å². The molecule has 1 heterocycles. The van der Waals surface area contributed by atoms with Crippen molar-refractivity contribution >= 4 is 22.5 Å². The van der Waals surface area contributed by atoms with E-state index in [4.69, 9.17) is 5.73 Å². The number of fused-ring (bicyclic) bond motifs is 1. The van der Waals surface area contributed by atoms with Crippen LogP contribution in [-0.2, 0) is 6.54 Å². The van der Waals surface area contributed by atoms with E-state index in [0.29, 0.717) is 16.8 Å². The molecule has 2 aromatic carbocycles. The van der Waals surface area contributed by atoms with Crippen molar-refractivity contribution in [3.05, 3.63) is 64.2 Å². The van der Waals surface area contributed by atoms with Gasteiger partial charge in [0, 0.05) is 12.2 Å². The second-order valence-corrected chi connectivity index (χ2v) is 5.40. The summed E-state index contributed by atoms with van der Waals surface area (Å²) in [5, 5.41) is 2.84. The number of nitrogens with one attached hydrogen (secondary N) is 2. The number of aromatic amines is 1. The topological polar surface area (TPSA) is 110 Å². The number of alkyl halides is 2. The highest BCUT2D eigenvalue weighted by Gasteiger charge is 2.12. The Balaban J connectivity index is 1.75. The van der Waals surface area contributed by atoms with E-state index in [1.165, 1.54) is 24.3 Å². The summed E-state index contributed by atoms with van der Waals surface area (Å²) >= 11 is 0. The van der Waals surface area contributed by atoms with Crippen LogP contribution < -0.4 is 21.3 Å². The van der Waals surface area contributed by atoms with Crippen molar-refractivity contribution in [2.45, 2.75) is 13.2 Å². The number of halogens is 2. The quantitative estimate of drug-likeness (QED) is 0.603. The highest BCUT2D eigenvalue weighted by atomic mass is 19.3. The molecule has 0 aliphatic carbocycles. The first-order valence-corrected chi connectivity index (χ1v) is 7.54. The van der Waals surface area contributed by atoms with E-state index in [9.17, 15) is 18.4 Å². The lowest BCUT2D eigenvalue weighted by molar-refractivity contribution is -0.0498. The minimum absolute atomic E-state index is 0.0124.